The molecule has 0 bridgehead atoms. The van der Waals surface area contributed by atoms with Crippen molar-refractivity contribution in [2.24, 2.45) is 11.7 Å². The Balaban J connectivity index is 1.82. The van der Waals surface area contributed by atoms with E-state index in [4.69, 9.17) is 10.5 Å². The number of hydrogen-bond donors (Lipinski definition) is 1. The molecule has 0 aromatic heterocycles. The first-order valence-corrected chi connectivity index (χ1v) is 9.56. The number of carbonyl (C=O) groups is 1. The molecule has 1 amide bonds. The van der Waals surface area contributed by atoms with Gasteiger partial charge >= 0.3 is 6.09 Å². The summed E-state index contributed by atoms with van der Waals surface area (Å²) in [7, 11) is 0. The third-order valence-corrected chi connectivity index (χ3v) is 5.76. The Bertz CT molecular complexity index is 598. The molecule has 2 heterocycles. The van der Waals surface area contributed by atoms with E-state index < -0.39 is 6.09 Å². The fourth-order valence-electron chi connectivity index (χ4n) is 4.13. The van der Waals surface area contributed by atoms with E-state index >= 15 is 0 Å². The predicted octanol–water partition coefficient (Wildman–Crippen LogP) is 3.64. The third kappa shape index (κ3) is 3.70. The van der Waals surface area contributed by atoms with Crippen LogP contribution in [0.1, 0.15) is 42.5 Å². The summed E-state index contributed by atoms with van der Waals surface area (Å²) >= 11 is 0.348. The summed E-state index contributed by atoms with van der Waals surface area (Å²) in [4.78, 5) is 13.7. The molecule has 2 aliphatic rings. The van der Waals surface area contributed by atoms with Crippen LogP contribution in [0.2, 0.25) is 0 Å². The maximum absolute atomic E-state index is 12.5. The van der Waals surface area contributed by atoms with Crippen molar-refractivity contribution in [3.05, 3.63) is 34.9 Å². The van der Waals surface area contributed by atoms with Crippen LogP contribution in [-0.4, -0.2) is 35.9 Å². The minimum Gasteiger partial charge on any atom is -0.446 e. The number of nitrogens with two attached hydrogens (primary N) is 1. The number of nitrogens with zero attached hydrogens (tertiary/aromatic N) is 1. The molecule has 0 radical (unpaired) electrons. The van der Waals surface area contributed by atoms with Crippen LogP contribution in [0.5, 0.6) is 0 Å². The van der Waals surface area contributed by atoms with Crippen LogP contribution in [0.3, 0.4) is 0 Å². The lowest BCUT2D eigenvalue weighted by atomic mass is 9.80. The smallest absolute Gasteiger partial charge is 0.404 e. The number of rotatable bonds is 5. The van der Waals surface area contributed by atoms with E-state index in [9.17, 15) is 8.68 Å². The third-order valence-electron chi connectivity index (χ3n) is 5.37. The lowest BCUT2D eigenvalue weighted by molar-refractivity contribution is -0.0209. The van der Waals surface area contributed by atoms with E-state index in [-0.39, 0.29) is 18.1 Å². The number of benzene rings is 1. The van der Waals surface area contributed by atoms with Crippen molar-refractivity contribution in [1.82, 2.24) is 4.90 Å². The van der Waals surface area contributed by atoms with Gasteiger partial charge in [-0.3, -0.25) is 4.90 Å². The minimum absolute atomic E-state index is 0.147. The number of ether oxygens (including phenoxy) is 1. The number of hydrogen-bond acceptors (Lipinski definition) is 4. The average molecular weight is 352 g/mol. The van der Waals surface area contributed by atoms with Crippen molar-refractivity contribution in [1.29, 1.82) is 0 Å². The van der Waals surface area contributed by atoms with Gasteiger partial charge in [0.25, 0.3) is 0 Å². The standard InChI is InChI=1S/C18H25FN2O2S/c1-2-12-3-4-15-13(9-12)5-7-21-11-14(6-8-24-19)17(10-16(15)21)23-18(20)22/h3-4,9,14,16-17H,2,5-8,10-11H2,1H3,(H2,20,22)/t14-,16-,17+/m1/s1. The number of piperidine rings is 1. The average Bonchev–Trinajstić information content (AvgIpc) is 2.58. The Morgan fingerprint density at radius 1 is 1.50 bits per heavy atom. The molecule has 0 saturated carbocycles. The van der Waals surface area contributed by atoms with E-state index in [1.165, 1.54) is 16.7 Å². The van der Waals surface area contributed by atoms with E-state index in [2.05, 4.69) is 30.0 Å². The van der Waals surface area contributed by atoms with Crippen molar-refractivity contribution in [3.8, 4) is 0 Å². The molecule has 4 nitrogen and oxygen atoms in total. The molecule has 1 saturated heterocycles. The van der Waals surface area contributed by atoms with E-state index in [0.29, 0.717) is 24.3 Å². The zero-order valence-corrected chi connectivity index (χ0v) is 14.9. The summed E-state index contributed by atoms with van der Waals surface area (Å²) < 4.78 is 17.9. The predicted molar refractivity (Wildman–Crippen MR) is 94.6 cm³/mol. The fraction of sp³-hybridized carbons (Fsp3) is 0.611. The molecule has 3 atom stereocenters. The molecule has 6 heteroatoms. The molecule has 132 valence electrons. The summed E-state index contributed by atoms with van der Waals surface area (Å²) in [6, 6.07) is 6.99. The van der Waals surface area contributed by atoms with Crippen LogP contribution in [0.4, 0.5) is 8.68 Å². The summed E-state index contributed by atoms with van der Waals surface area (Å²) in [5.74, 6) is 0.576. The Morgan fingerprint density at radius 3 is 3.04 bits per heavy atom. The van der Waals surface area contributed by atoms with Crippen molar-refractivity contribution in [2.75, 3.05) is 18.8 Å². The zero-order chi connectivity index (χ0) is 17.1. The first-order chi connectivity index (χ1) is 11.6. The molecule has 2 N–H and O–H groups in total. The number of amides is 1. The highest BCUT2D eigenvalue weighted by atomic mass is 32.2. The Labute approximate surface area is 147 Å². The SMILES string of the molecule is CCc1ccc2c(c1)CCN1C[C@@H](CCSF)[C@@H](OC(N)=O)C[C@H]21. The quantitative estimate of drug-likeness (QED) is 0.879. The number of primary amides is 1. The molecule has 0 unspecified atom stereocenters. The molecule has 1 fully saturated rings. The maximum Gasteiger partial charge on any atom is 0.404 e. The maximum atomic E-state index is 12.5. The number of aryl methyl sites for hydroxylation is 1. The lowest BCUT2D eigenvalue weighted by Gasteiger charge is -2.46. The van der Waals surface area contributed by atoms with E-state index in [1.807, 2.05) is 0 Å². The fourth-order valence-corrected chi connectivity index (χ4v) is 4.52. The number of halogens is 1. The molecule has 24 heavy (non-hydrogen) atoms. The molecule has 3 rings (SSSR count). The molecule has 2 aliphatic heterocycles. The number of carbonyl (C=O) groups excluding carboxylic acids is 1. The van der Waals surface area contributed by atoms with Gasteiger partial charge < -0.3 is 10.5 Å². The second kappa shape index (κ2) is 7.74. The second-order valence-corrected chi connectivity index (χ2v) is 7.35. The van der Waals surface area contributed by atoms with Crippen molar-refractivity contribution in [3.63, 3.8) is 0 Å². The summed E-state index contributed by atoms with van der Waals surface area (Å²) in [5, 5.41) is 0. The largest absolute Gasteiger partial charge is 0.446 e. The Kier molecular flexibility index (Phi) is 5.66. The van der Waals surface area contributed by atoms with Gasteiger partial charge in [-0.2, -0.15) is 3.89 Å². The van der Waals surface area contributed by atoms with Crippen LogP contribution in [0, 0.1) is 5.92 Å². The highest BCUT2D eigenvalue weighted by Crippen LogP contribution is 2.40. The van der Waals surface area contributed by atoms with Gasteiger partial charge in [0.2, 0.25) is 0 Å². The van der Waals surface area contributed by atoms with Gasteiger partial charge in [-0.15, -0.1) is 0 Å². The zero-order valence-electron chi connectivity index (χ0n) is 14.0. The minimum atomic E-state index is -0.733. The highest BCUT2D eigenvalue weighted by molar-refractivity contribution is 7.94. The molecule has 0 aliphatic carbocycles. The molecular weight excluding hydrogens is 327 g/mol. The van der Waals surface area contributed by atoms with Gasteiger partial charge in [0.05, 0.1) is 0 Å². The van der Waals surface area contributed by atoms with Gasteiger partial charge in [-0.05, 0) is 36.0 Å². The van der Waals surface area contributed by atoms with Gasteiger partial charge in [-0.25, -0.2) is 4.79 Å². The first kappa shape index (κ1) is 17.5. The van der Waals surface area contributed by atoms with Crippen LogP contribution >= 0.6 is 12.1 Å². The van der Waals surface area contributed by atoms with E-state index in [0.717, 1.165) is 32.4 Å². The monoisotopic (exact) mass is 352 g/mol. The van der Waals surface area contributed by atoms with Crippen LogP contribution in [0.15, 0.2) is 18.2 Å². The molecule has 1 aromatic rings. The van der Waals surface area contributed by atoms with Crippen molar-refractivity contribution < 1.29 is 13.4 Å². The second-order valence-electron chi connectivity index (χ2n) is 6.72. The lowest BCUT2D eigenvalue weighted by Crippen LogP contribution is -2.49. The Morgan fingerprint density at radius 2 is 2.33 bits per heavy atom. The van der Waals surface area contributed by atoms with Gasteiger partial charge in [-0.1, -0.05) is 25.1 Å². The topological polar surface area (TPSA) is 55.6 Å². The van der Waals surface area contributed by atoms with Crippen molar-refractivity contribution in [2.45, 2.75) is 44.8 Å². The summed E-state index contributed by atoms with van der Waals surface area (Å²) in [6.07, 6.45) is 2.56. The van der Waals surface area contributed by atoms with Gasteiger partial charge in [0, 0.05) is 49.4 Å². The molecule has 1 aromatic carbocycles. The molecule has 0 spiro atoms. The van der Waals surface area contributed by atoms with Crippen LogP contribution < -0.4 is 5.73 Å². The highest BCUT2D eigenvalue weighted by Gasteiger charge is 2.40. The summed E-state index contributed by atoms with van der Waals surface area (Å²) in [6.45, 7) is 4.01. The summed E-state index contributed by atoms with van der Waals surface area (Å²) in [5.41, 5.74) is 9.37. The normalized spacial score (nSPS) is 26.5. The van der Waals surface area contributed by atoms with Crippen molar-refractivity contribution >= 4 is 18.2 Å². The van der Waals surface area contributed by atoms with E-state index in [1.54, 1.807) is 0 Å². The van der Waals surface area contributed by atoms with Crippen LogP contribution in [-0.2, 0) is 17.6 Å². The number of fused-ring (bicyclic) bond motifs is 3. The Hall–Kier alpha value is -1.27. The van der Waals surface area contributed by atoms with Gasteiger partial charge in [0.15, 0.2) is 0 Å². The molecular formula is C18H25FN2O2S. The first-order valence-electron chi connectivity index (χ1n) is 8.67. The van der Waals surface area contributed by atoms with Crippen LogP contribution in [0.25, 0.3) is 0 Å². The van der Waals surface area contributed by atoms with Gasteiger partial charge in [0.1, 0.15) is 6.10 Å².